The van der Waals surface area contributed by atoms with Crippen LogP contribution in [0.1, 0.15) is 13.8 Å². The number of para-hydroxylation sites is 1. The molecule has 0 spiro atoms. The molecule has 1 rings (SSSR count). The lowest BCUT2D eigenvalue weighted by Crippen LogP contribution is -1.64. The van der Waals surface area contributed by atoms with Gasteiger partial charge in [0, 0.05) is 4.90 Å². The molecule has 0 heterocycles. The van der Waals surface area contributed by atoms with E-state index in [9.17, 15) is 0 Å². The molecule has 2 heteroatoms. The Morgan fingerprint density at radius 3 is 2.00 bits per heavy atom. The van der Waals surface area contributed by atoms with Gasteiger partial charge in [-0.1, -0.05) is 26.0 Å². The van der Waals surface area contributed by atoms with Crippen molar-refractivity contribution in [3.05, 3.63) is 24.3 Å². The van der Waals surface area contributed by atoms with E-state index in [1.165, 1.54) is 0 Å². The molecule has 1 N–H and O–H groups in total. The van der Waals surface area contributed by atoms with Crippen molar-refractivity contribution in [1.82, 2.24) is 0 Å². The zero-order valence-corrected chi connectivity index (χ0v) is 7.10. The van der Waals surface area contributed by atoms with Crippen LogP contribution in [0.5, 0.6) is 5.75 Å². The zero-order valence-electron chi connectivity index (χ0n) is 6.20. The summed E-state index contributed by atoms with van der Waals surface area (Å²) in [5.41, 5.74) is 0. The van der Waals surface area contributed by atoms with Gasteiger partial charge in [-0.3, -0.25) is 0 Å². The summed E-state index contributed by atoms with van der Waals surface area (Å²) in [6, 6.07) is 6.91. The molecule has 0 fully saturated rings. The molecule has 0 amide bonds. The topological polar surface area (TPSA) is 20.2 Å². The van der Waals surface area contributed by atoms with E-state index in [2.05, 4.69) is 12.6 Å². The number of rotatable bonds is 0. The lowest BCUT2D eigenvalue weighted by Gasteiger charge is -1.91. The Balaban J connectivity index is 0.000000371. The first kappa shape index (κ1) is 9.37. The smallest absolute Gasteiger partial charge is 0.128 e. The molecule has 0 aliphatic rings. The van der Waals surface area contributed by atoms with E-state index < -0.39 is 0 Å². The highest BCUT2D eigenvalue weighted by Gasteiger charge is 1.88. The molecular weight excluding hydrogens is 144 g/mol. The molecule has 0 atom stereocenters. The van der Waals surface area contributed by atoms with Crippen LogP contribution < -0.4 is 0 Å². The Morgan fingerprint density at radius 2 is 1.70 bits per heavy atom. The lowest BCUT2D eigenvalue weighted by atomic mass is 10.3. The predicted octanol–water partition coefficient (Wildman–Crippen LogP) is 2.71. The molecule has 0 saturated carbocycles. The second kappa shape index (κ2) is 5.18. The Kier molecular flexibility index (Phi) is 4.85. The molecule has 0 aromatic heterocycles. The summed E-state index contributed by atoms with van der Waals surface area (Å²) in [4.78, 5) is 0.618. The lowest BCUT2D eigenvalue weighted by molar-refractivity contribution is 0.463. The highest BCUT2D eigenvalue weighted by Crippen LogP contribution is 2.18. The van der Waals surface area contributed by atoms with Crippen LogP contribution in [0, 0.1) is 0 Å². The number of hydrogen-bond donors (Lipinski definition) is 2. The van der Waals surface area contributed by atoms with Crippen molar-refractivity contribution >= 4 is 12.6 Å². The molecule has 0 aliphatic carbocycles. The molecule has 0 bridgehead atoms. The summed E-state index contributed by atoms with van der Waals surface area (Å²) in [7, 11) is 0. The number of phenolic OH excluding ortho intramolecular Hbond substituents is 1. The third-order valence-corrected chi connectivity index (χ3v) is 1.26. The molecule has 1 nitrogen and oxygen atoms in total. The molecule has 1 aromatic carbocycles. The summed E-state index contributed by atoms with van der Waals surface area (Å²) in [6.07, 6.45) is 0. The summed E-state index contributed by atoms with van der Waals surface area (Å²) in [6.45, 7) is 4.00. The fraction of sp³-hybridized carbons (Fsp3) is 0.250. The van der Waals surface area contributed by atoms with E-state index in [1.807, 2.05) is 19.9 Å². The van der Waals surface area contributed by atoms with Crippen LogP contribution in [-0.4, -0.2) is 5.11 Å². The van der Waals surface area contributed by atoms with Gasteiger partial charge in [0.05, 0.1) is 0 Å². The van der Waals surface area contributed by atoms with E-state index in [1.54, 1.807) is 18.2 Å². The van der Waals surface area contributed by atoms with Crippen LogP contribution in [0.15, 0.2) is 29.2 Å². The van der Waals surface area contributed by atoms with Crippen LogP contribution >= 0.6 is 12.6 Å². The number of phenols is 1. The first-order chi connectivity index (χ1) is 4.80. The molecule has 56 valence electrons. The Hall–Kier alpha value is -0.630. The van der Waals surface area contributed by atoms with Crippen LogP contribution in [0.25, 0.3) is 0 Å². The van der Waals surface area contributed by atoms with Crippen molar-refractivity contribution in [2.75, 3.05) is 0 Å². The van der Waals surface area contributed by atoms with E-state index in [0.717, 1.165) is 0 Å². The highest BCUT2D eigenvalue weighted by molar-refractivity contribution is 7.80. The molecule has 0 aliphatic heterocycles. The monoisotopic (exact) mass is 156 g/mol. The molecule has 0 radical (unpaired) electrons. The van der Waals surface area contributed by atoms with Gasteiger partial charge in [-0.15, -0.1) is 12.6 Å². The van der Waals surface area contributed by atoms with Gasteiger partial charge in [0.2, 0.25) is 0 Å². The summed E-state index contributed by atoms with van der Waals surface area (Å²) >= 11 is 3.95. The predicted molar refractivity (Wildman–Crippen MR) is 46.7 cm³/mol. The van der Waals surface area contributed by atoms with E-state index in [4.69, 9.17) is 5.11 Å². The van der Waals surface area contributed by atoms with E-state index >= 15 is 0 Å². The van der Waals surface area contributed by atoms with Gasteiger partial charge in [-0.2, -0.15) is 0 Å². The minimum atomic E-state index is 0.232. The molecular formula is C8H12OS. The van der Waals surface area contributed by atoms with Crippen molar-refractivity contribution in [3.63, 3.8) is 0 Å². The minimum absolute atomic E-state index is 0.232. The van der Waals surface area contributed by atoms with Gasteiger partial charge in [-0.05, 0) is 12.1 Å². The fourth-order valence-electron chi connectivity index (χ4n) is 0.464. The average Bonchev–Trinajstić information content (AvgIpc) is 2.00. The van der Waals surface area contributed by atoms with Crippen LogP contribution in [0.3, 0.4) is 0 Å². The maximum atomic E-state index is 8.84. The van der Waals surface area contributed by atoms with E-state index in [-0.39, 0.29) is 5.75 Å². The van der Waals surface area contributed by atoms with Gasteiger partial charge in [-0.25, -0.2) is 0 Å². The van der Waals surface area contributed by atoms with Gasteiger partial charge in [0.15, 0.2) is 0 Å². The molecule has 0 unspecified atom stereocenters. The Bertz CT molecular complexity index is 165. The quantitative estimate of drug-likeness (QED) is 0.553. The minimum Gasteiger partial charge on any atom is -0.507 e. The van der Waals surface area contributed by atoms with Crippen molar-refractivity contribution in [2.45, 2.75) is 18.7 Å². The normalized spacial score (nSPS) is 7.90. The number of aromatic hydroxyl groups is 1. The largest absolute Gasteiger partial charge is 0.507 e. The van der Waals surface area contributed by atoms with Crippen LogP contribution in [0.4, 0.5) is 0 Å². The number of thiol groups is 1. The summed E-state index contributed by atoms with van der Waals surface area (Å²) < 4.78 is 0. The second-order valence-electron chi connectivity index (χ2n) is 1.49. The van der Waals surface area contributed by atoms with Crippen LogP contribution in [-0.2, 0) is 0 Å². The van der Waals surface area contributed by atoms with Gasteiger partial charge < -0.3 is 5.11 Å². The van der Waals surface area contributed by atoms with Crippen LogP contribution in [0.2, 0.25) is 0 Å². The van der Waals surface area contributed by atoms with E-state index in [0.29, 0.717) is 4.90 Å². The molecule has 0 saturated heterocycles. The zero-order chi connectivity index (χ0) is 7.98. The third-order valence-electron chi connectivity index (χ3n) is 0.882. The molecule has 10 heavy (non-hydrogen) atoms. The van der Waals surface area contributed by atoms with Gasteiger partial charge in [0.1, 0.15) is 5.75 Å². The first-order valence-corrected chi connectivity index (χ1v) is 3.72. The first-order valence-electron chi connectivity index (χ1n) is 3.27. The second-order valence-corrected chi connectivity index (χ2v) is 1.97. The Labute approximate surface area is 67.1 Å². The Morgan fingerprint density at radius 1 is 1.20 bits per heavy atom. The third kappa shape index (κ3) is 2.78. The SMILES string of the molecule is CC.Oc1ccccc1S. The maximum absolute atomic E-state index is 8.84. The fourth-order valence-corrected chi connectivity index (χ4v) is 0.625. The number of hydrogen-bond acceptors (Lipinski definition) is 2. The maximum Gasteiger partial charge on any atom is 0.128 e. The average molecular weight is 156 g/mol. The van der Waals surface area contributed by atoms with Gasteiger partial charge >= 0.3 is 0 Å². The van der Waals surface area contributed by atoms with Crippen molar-refractivity contribution in [1.29, 1.82) is 0 Å². The van der Waals surface area contributed by atoms with Crippen molar-refractivity contribution in [3.8, 4) is 5.75 Å². The van der Waals surface area contributed by atoms with Gasteiger partial charge in [0.25, 0.3) is 0 Å². The van der Waals surface area contributed by atoms with Crippen molar-refractivity contribution < 1.29 is 5.11 Å². The standard InChI is InChI=1S/C6H6OS.C2H6/c7-5-3-1-2-4-6(5)8;1-2/h1-4,7-8H;1-2H3. The molecule has 1 aromatic rings. The highest BCUT2D eigenvalue weighted by atomic mass is 32.1. The summed E-state index contributed by atoms with van der Waals surface area (Å²) in [5.74, 6) is 0.232. The van der Waals surface area contributed by atoms with Crippen molar-refractivity contribution in [2.24, 2.45) is 0 Å². The number of benzene rings is 1. The summed E-state index contributed by atoms with van der Waals surface area (Å²) in [5, 5.41) is 8.84.